The van der Waals surface area contributed by atoms with E-state index in [-0.39, 0.29) is 17.4 Å². The van der Waals surface area contributed by atoms with Crippen LogP contribution in [0.25, 0.3) is 0 Å². The lowest BCUT2D eigenvalue weighted by Crippen LogP contribution is -2.39. The highest BCUT2D eigenvalue weighted by Crippen LogP contribution is 2.32. The van der Waals surface area contributed by atoms with Gasteiger partial charge in [-0.15, -0.1) is 0 Å². The first kappa shape index (κ1) is 17.2. The molecule has 4 heteroatoms. The molecule has 3 rings (SSSR count). The molecule has 2 aromatic carbocycles. The normalized spacial score (nSPS) is 14.0. The van der Waals surface area contributed by atoms with E-state index >= 15 is 0 Å². The molecular formula is C21H23NO3. The summed E-state index contributed by atoms with van der Waals surface area (Å²) in [6, 6.07) is 14.8. The summed E-state index contributed by atoms with van der Waals surface area (Å²) in [6.07, 6.45) is 3.84. The van der Waals surface area contributed by atoms with Crippen LogP contribution >= 0.6 is 0 Å². The Morgan fingerprint density at radius 2 is 1.88 bits per heavy atom. The van der Waals surface area contributed by atoms with Gasteiger partial charge >= 0.3 is 5.97 Å². The van der Waals surface area contributed by atoms with Crippen molar-refractivity contribution < 1.29 is 14.7 Å². The molecule has 25 heavy (non-hydrogen) atoms. The monoisotopic (exact) mass is 337 g/mol. The Hall–Kier alpha value is -2.62. The molecule has 0 unspecified atom stereocenters. The number of hydrogen-bond acceptors (Lipinski definition) is 2. The zero-order chi connectivity index (χ0) is 17.8. The van der Waals surface area contributed by atoms with Gasteiger partial charge in [-0.05, 0) is 48.6 Å². The lowest BCUT2D eigenvalue weighted by molar-refractivity contribution is -0.124. The number of rotatable bonds is 6. The molecule has 0 aromatic heterocycles. The molecule has 0 atom stereocenters. The van der Waals surface area contributed by atoms with Gasteiger partial charge in [0.1, 0.15) is 0 Å². The lowest BCUT2D eigenvalue weighted by Gasteiger charge is -2.33. The van der Waals surface area contributed by atoms with E-state index in [0.29, 0.717) is 6.54 Å². The second-order valence-corrected chi connectivity index (χ2v) is 6.54. The minimum atomic E-state index is -0.951. The molecule has 0 saturated heterocycles. The standard InChI is InChI=1S/C21H23NO3/c1-2-16-8-3-4-12-19(16)22(20(23)17-9-6-10-17)14-15-7-5-11-18(13-15)21(24)25/h3-5,7-8,11-13,17H,2,6,9-10,14H2,1H3,(H,24,25). The van der Waals surface area contributed by atoms with Crippen LogP contribution in [-0.2, 0) is 17.8 Å². The van der Waals surface area contributed by atoms with E-state index in [1.165, 1.54) is 0 Å². The molecule has 0 radical (unpaired) electrons. The van der Waals surface area contributed by atoms with Crippen molar-refractivity contribution in [1.82, 2.24) is 0 Å². The van der Waals surface area contributed by atoms with Crippen molar-refractivity contribution in [2.45, 2.75) is 39.2 Å². The van der Waals surface area contributed by atoms with Gasteiger partial charge < -0.3 is 10.0 Å². The Morgan fingerprint density at radius 1 is 1.12 bits per heavy atom. The Balaban J connectivity index is 1.95. The van der Waals surface area contributed by atoms with E-state index in [9.17, 15) is 14.7 Å². The first-order chi connectivity index (χ1) is 12.1. The van der Waals surface area contributed by atoms with Gasteiger partial charge in [-0.25, -0.2) is 4.79 Å². The molecule has 0 spiro atoms. The minimum Gasteiger partial charge on any atom is -0.478 e. The molecule has 1 fully saturated rings. The number of benzene rings is 2. The quantitative estimate of drug-likeness (QED) is 0.856. The van der Waals surface area contributed by atoms with Crippen LogP contribution in [0.4, 0.5) is 5.69 Å². The number of hydrogen-bond donors (Lipinski definition) is 1. The topological polar surface area (TPSA) is 57.6 Å². The third-order valence-electron chi connectivity index (χ3n) is 4.90. The van der Waals surface area contributed by atoms with E-state index < -0.39 is 5.97 Å². The number of nitrogens with zero attached hydrogens (tertiary/aromatic N) is 1. The van der Waals surface area contributed by atoms with Gasteiger partial charge in [0, 0.05) is 11.6 Å². The fraction of sp³-hybridized carbons (Fsp3) is 0.333. The van der Waals surface area contributed by atoms with Gasteiger partial charge in [0.2, 0.25) is 5.91 Å². The second-order valence-electron chi connectivity index (χ2n) is 6.54. The highest BCUT2D eigenvalue weighted by molar-refractivity contribution is 5.96. The highest BCUT2D eigenvalue weighted by atomic mass is 16.4. The minimum absolute atomic E-state index is 0.0903. The lowest BCUT2D eigenvalue weighted by atomic mass is 9.84. The van der Waals surface area contributed by atoms with Gasteiger partial charge in [-0.3, -0.25) is 4.79 Å². The molecule has 0 bridgehead atoms. The van der Waals surface area contributed by atoms with Crippen molar-refractivity contribution in [3.8, 4) is 0 Å². The number of para-hydroxylation sites is 1. The molecule has 0 heterocycles. The average molecular weight is 337 g/mol. The number of anilines is 1. The fourth-order valence-electron chi connectivity index (χ4n) is 3.22. The van der Waals surface area contributed by atoms with E-state index in [1.54, 1.807) is 18.2 Å². The van der Waals surface area contributed by atoms with Crippen LogP contribution in [0, 0.1) is 5.92 Å². The number of carboxylic acids is 1. The summed E-state index contributed by atoms with van der Waals surface area (Å²) in [5.74, 6) is -0.715. The zero-order valence-corrected chi connectivity index (χ0v) is 14.4. The van der Waals surface area contributed by atoms with Crippen molar-refractivity contribution in [3.05, 3.63) is 65.2 Å². The Morgan fingerprint density at radius 3 is 2.52 bits per heavy atom. The van der Waals surface area contributed by atoms with Crippen LogP contribution in [0.3, 0.4) is 0 Å². The van der Waals surface area contributed by atoms with Crippen molar-refractivity contribution in [3.63, 3.8) is 0 Å². The van der Waals surface area contributed by atoms with E-state index in [0.717, 1.165) is 42.5 Å². The van der Waals surface area contributed by atoms with E-state index in [1.807, 2.05) is 35.2 Å². The van der Waals surface area contributed by atoms with Crippen molar-refractivity contribution in [2.75, 3.05) is 4.90 Å². The summed E-state index contributed by atoms with van der Waals surface area (Å²) in [7, 11) is 0. The largest absolute Gasteiger partial charge is 0.478 e. The third-order valence-corrected chi connectivity index (χ3v) is 4.90. The van der Waals surface area contributed by atoms with Crippen LogP contribution in [0.2, 0.25) is 0 Å². The van der Waals surface area contributed by atoms with Crippen molar-refractivity contribution in [2.24, 2.45) is 5.92 Å². The molecular weight excluding hydrogens is 314 g/mol. The Labute approximate surface area is 148 Å². The smallest absolute Gasteiger partial charge is 0.335 e. The summed E-state index contributed by atoms with van der Waals surface area (Å²) < 4.78 is 0. The fourth-order valence-corrected chi connectivity index (χ4v) is 3.22. The molecule has 4 nitrogen and oxygen atoms in total. The number of carboxylic acid groups (broad SMARTS) is 1. The van der Waals surface area contributed by atoms with Gasteiger partial charge in [-0.2, -0.15) is 0 Å². The predicted octanol–water partition coefficient (Wildman–Crippen LogP) is 4.28. The van der Waals surface area contributed by atoms with Crippen LogP contribution in [-0.4, -0.2) is 17.0 Å². The maximum atomic E-state index is 13.0. The molecule has 130 valence electrons. The first-order valence-corrected chi connectivity index (χ1v) is 8.81. The number of aryl methyl sites for hydroxylation is 1. The maximum absolute atomic E-state index is 13.0. The summed E-state index contributed by atoms with van der Waals surface area (Å²) in [4.78, 5) is 26.1. The molecule has 2 aromatic rings. The van der Waals surface area contributed by atoms with E-state index in [4.69, 9.17) is 0 Å². The first-order valence-electron chi connectivity index (χ1n) is 8.81. The van der Waals surface area contributed by atoms with Gasteiger partial charge in [-0.1, -0.05) is 43.7 Å². The van der Waals surface area contributed by atoms with Gasteiger partial charge in [0.05, 0.1) is 12.1 Å². The SMILES string of the molecule is CCc1ccccc1N(Cc1cccc(C(=O)O)c1)C(=O)C1CCC1. The summed E-state index contributed by atoms with van der Waals surface area (Å²) in [5.41, 5.74) is 3.14. The molecule has 1 N–H and O–H groups in total. The number of aromatic carboxylic acids is 1. The molecule has 1 saturated carbocycles. The Bertz CT molecular complexity index is 780. The molecule has 1 aliphatic rings. The van der Waals surface area contributed by atoms with Crippen LogP contribution < -0.4 is 4.90 Å². The number of carbonyl (C=O) groups excluding carboxylic acids is 1. The van der Waals surface area contributed by atoms with Crippen LogP contribution in [0.15, 0.2) is 48.5 Å². The van der Waals surface area contributed by atoms with Gasteiger partial charge in [0.15, 0.2) is 0 Å². The molecule has 1 amide bonds. The summed E-state index contributed by atoms with van der Waals surface area (Å²) in [6.45, 7) is 2.48. The predicted molar refractivity (Wildman–Crippen MR) is 97.8 cm³/mol. The van der Waals surface area contributed by atoms with E-state index in [2.05, 4.69) is 6.92 Å². The number of amides is 1. The highest BCUT2D eigenvalue weighted by Gasteiger charge is 2.31. The maximum Gasteiger partial charge on any atom is 0.335 e. The average Bonchev–Trinajstić information content (AvgIpc) is 2.58. The second kappa shape index (κ2) is 7.51. The summed E-state index contributed by atoms with van der Waals surface area (Å²) in [5, 5.41) is 9.21. The number of carbonyl (C=O) groups is 2. The summed E-state index contributed by atoms with van der Waals surface area (Å²) >= 11 is 0. The molecule has 0 aliphatic heterocycles. The van der Waals surface area contributed by atoms with Crippen LogP contribution in [0.1, 0.15) is 47.7 Å². The third kappa shape index (κ3) is 3.73. The Kier molecular flexibility index (Phi) is 5.17. The zero-order valence-electron chi connectivity index (χ0n) is 14.4. The molecule has 1 aliphatic carbocycles. The van der Waals surface area contributed by atoms with Gasteiger partial charge in [0.25, 0.3) is 0 Å². The van der Waals surface area contributed by atoms with Crippen LogP contribution in [0.5, 0.6) is 0 Å². The van der Waals surface area contributed by atoms with Crippen molar-refractivity contribution in [1.29, 1.82) is 0 Å². The van der Waals surface area contributed by atoms with Crippen molar-refractivity contribution >= 4 is 17.6 Å².